The Bertz CT molecular complexity index is 686. The van der Waals surface area contributed by atoms with E-state index in [0.29, 0.717) is 16.3 Å². The molecule has 0 saturated heterocycles. The second kappa shape index (κ2) is 5.71. The fourth-order valence-electron chi connectivity index (χ4n) is 1.69. The van der Waals surface area contributed by atoms with Gasteiger partial charge in [-0.1, -0.05) is 17.7 Å². The van der Waals surface area contributed by atoms with E-state index in [1.165, 1.54) is 18.5 Å². The molecular weight excluding hydrogens is 280 g/mol. The van der Waals surface area contributed by atoms with Crippen LogP contribution in [0, 0.1) is 6.92 Å². The van der Waals surface area contributed by atoms with Crippen LogP contribution < -0.4 is 5.32 Å². The van der Waals surface area contributed by atoms with Crippen LogP contribution in [0.4, 0.5) is 5.69 Å². The number of aromatic carboxylic acids is 1. The number of anilines is 1. The first-order chi connectivity index (χ1) is 9.50. The van der Waals surface area contributed by atoms with Gasteiger partial charge in [0.25, 0.3) is 5.91 Å². The number of hydrogen-bond acceptors (Lipinski definition) is 3. The number of carboxylic acids is 1. The third-order valence-corrected chi connectivity index (χ3v) is 3.22. The van der Waals surface area contributed by atoms with E-state index < -0.39 is 11.9 Å². The molecule has 0 atom stereocenters. The van der Waals surface area contributed by atoms with E-state index in [4.69, 9.17) is 16.7 Å². The lowest BCUT2D eigenvalue weighted by atomic mass is 10.1. The van der Waals surface area contributed by atoms with E-state index in [2.05, 4.69) is 10.3 Å². The summed E-state index contributed by atoms with van der Waals surface area (Å²) in [5, 5.41) is 12.2. The molecule has 0 fully saturated rings. The Hall–Kier alpha value is -2.40. The molecule has 1 heterocycles. The van der Waals surface area contributed by atoms with E-state index >= 15 is 0 Å². The van der Waals surface area contributed by atoms with E-state index in [9.17, 15) is 9.59 Å². The molecule has 0 unspecified atom stereocenters. The minimum atomic E-state index is -1.18. The van der Waals surface area contributed by atoms with E-state index in [1.54, 1.807) is 25.1 Å². The summed E-state index contributed by atoms with van der Waals surface area (Å²) in [6, 6.07) is 6.38. The topological polar surface area (TPSA) is 79.3 Å². The number of nitrogens with zero attached hydrogens (tertiary/aromatic N) is 1. The molecule has 0 radical (unpaired) electrons. The molecule has 0 bridgehead atoms. The van der Waals surface area contributed by atoms with Crippen molar-refractivity contribution >= 4 is 29.2 Å². The molecule has 102 valence electrons. The highest BCUT2D eigenvalue weighted by molar-refractivity contribution is 6.31. The van der Waals surface area contributed by atoms with Gasteiger partial charge in [0.2, 0.25) is 0 Å². The van der Waals surface area contributed by atoms with Crippen molar-refractivity contribution in [3.05, 3.63) is 58.4 Å². The maximum Gasteiger partial charge on any atom is 0.336 e. The number of halogens is 1. The van der Waals surface area contributed by atoms with Gasteiger partial charge < -0.3 is 10.4 Å². The van der Waals surface area contributed by atoms with Gasteiger partial charge >= 0.3 is 5.97 Å². The number of aromatic nitrogens is 1. The molecule has 0 aliphatic carbocycles. The third kappa shape index (κ3) is 2.78. The summed E-state index contributed by atoms with van der Waals surface area (Å²) in [5.41, 5.74) is 1.14. The summed E-state index contributed by atoms with van der Waals surface area (Å²) in [6.07, 6.45) is 2.55. The van der Waals surface area contributed by atoms with Crippen molar-refractivity contribution in [2.24, 2.45) is 0 Å². The van der Waals surface area contributed by atoms with Crippen molar-refractivity contribution < 1.29 is 14.7 Å². The fraction of sp³-hybridized carbons (Fsp3) is 0.0714. The van der Waals surface area contributed by atoms with Gasteiger partial charge in [0.1, 0.15) is 0 Å². The summed E-state index contributed by atoms with van der Waals surface area (Å²) in [4.78, 5) is 27.0. The second-order valence-electron chi connectivity index (χ2n) is 4.09. The molecule has 1 aromatic heterocycles. The quantitative estimate of drug-likeness (QED) is 0.911. The number of carboxylic acid groups (broad SMARTS) is 1. The highest BCUT2D eigenvalue weighted by Gasteiger charge is 2.17. The predicted octanol–water partition coefficient (Wildman–Crippen LogP) is 2.99. The standard InChI is InChI=1S/C14H11ClN2O3/c1-8-11(15)3-2-4-12(8)17-13(18)10-7-16-6-5-9(10)14(19)20/h2-7H,1H3,(H,17,18)(H,19,20). The SMILES string of the molecule is Cc1c(Cl)cccc1NC(=O)c1cnccc1C(=O)O. The lowest BCUT2D eigenvalue weighted by Crippen LogP contribution is -2.17. The molecule has 5 nitrogen and oxygen atoms in total. The summed E-state index contributed by atoms with van der Waals surface area (Å²) >= 11 is 5.97. The minimum Gasteiger partial charge on any atom is -0.478 e. The van der Waals surface area contributed by atoms with Crippen LogP contribution in [0.1, 0.15) is 26.3 Å². The maximum absolute atomic E-state index is 12.1. The minimum absolute atomic E-state index is 0.000578. The van der Waals surface area contributed by atoms with Crippen LogP contribution in [-0.2, 0) is 0 Å². The number of carbonyl (C=O) groups excluding carboxylic acids is 1. The number of carbonyl (C=O) groups is 2. The summed E-state index contributed by atoms with van der Waals surface area (Å²) in [5.74, 6) is -1.72. The molecule has 20 heavy (non-hydrogen) atoms. The van der Waals surface area contributed by atoms with Gasteiger partial charge in [-0.3, -0.25) is 9.78 Å². The molecule has 1 aromatic carbocycles. The summed E-state index contributed by atoms with van der Waals surface area (Å²) in [7, 11) is 0. The van der Waals surface area contributed by atoms with Crippen LogP contribution in [0.3, 0.4) is 0 Å². The molecule has 0 aliphatic heterocycles. The van der Waals surface area contributed by atoms with E-state index in [0.717, 1.165) is 0 Å². The lowest BCUT2D eigenvalue weighted by Gasteiger charge is -2.10. The largest absolute Gasteiger partial charge is 0.478 e. The van der Waals surface area contributed by atoms with Crippen LogP contribution in [0.2, 0.25) is 5.02 Å². The summed E-state index contributed by atoms with van der Waals surface area (Å²) in [6.45, 7) is 1.76. The zero-order valence-electron chi connectivity index (χ0n) is 10.6. The zero-order chi connectivity index (χ0) is 14.7. The van der Waals surface area contributed by atoms with Crippen molar-refractivity contribution in [3.63, 3.8) is 0 Å². The normalized spacial score (nSPS) is 10.1. The monoisotopic (exact) mass is 290 g/mol. The first-order valence-electron chi connectivity index (χ1n) is 5.74. The Balaban J connectivity index is 2.34. The Kier molecular flexibility index (Phi) is 4.00. The Labute approximate surface area is 120 Å². The van der Waals surface area contributed by atoms with Crippen molar-refractivity contribution in [2.45, 2.75) is 6.92 Å². The second-order valence-corrected chi connectivity index (χ2v) is 4.50. The highest BCUT2D eigenvalue weighted by Crippen LogP contribution is 2.23. The van der Waals surface area contributed by atoms with E-state index in [-0.39, 0.29) is 11.1 Å². The number of benzene rings is 1. The third-order valence-electron chi connectivity index (χ3n) is 2.81. The smallest absolute Gasteiger partial charge is 0.336 e. The predicted molar refractivity (Wildman–Crippen MR) is 75.3 cm³/mol. The van der Waals surface area contributed by atoms with E-state index in [1.807, 2.05) is 0 Å². The molecule has 6 heteroatoms. The first-order valence-corrected chi connectivity index (χ1v) is 6.12. The van der Waals surface area contributed by atoms with Crippen LogP contribution in [-0.4, -0.2) is 22.0 Å². The average molecular weight is 291 g/mol. The van der Waals surface area contributed by atoms with Crippen LogP contribution in [0.15, 0.2) is 36.7 Å². The Morgan fingerprint density at radius 3 is 2.70 bits per heavy atom. The van der Waals surface area contributed by atoms with Gasteiger partial charge in [-0.15, -0.1) is 0 Å². The van der Waals surface area contributed by atoms with Crippen molar-refractivity contribution in [1.82, 2.24) is 4.98 Å². The summed E-state index contributed by atoms with van der Waals surface area (Å²) < 4.78 is 0. The molecular formula is C14H11ClN2O3. The molecule has 0 saturated carbocycles. The molecule has 2 aromatic rings. The Morgan fingerprint density at radius 2 is 2.00 bits per heavy atom. The lowest BCUT2D eigenvalue weighted by molar-refractivity contribution is 0.0692. The van der Waals surface area contributed by atoms with Gasteiger partial charge in [-0.25, -0.2) is 4.79 Å². The van der Waals surface area contributed by atoms with Crippen molar-refractivity contribution in [2.75, 3.05) is 5.32 Å². The number of rotatable bonds is 3. The van der Waals surface area contributed by atoms with Gasteiger partial charge in [-0.05, 0) is 30.7 Å². The molecule has 0 aliphatic rings. The van der Waals surface area contributed by atoms with Gasteiger partial charge in [0, 0.05) is 23.1 Å². The number of hydrogen-bond donors (Lipinski definition) is 2. The number of amides is 1. The van der Waals surface area contributed by atoms with Gasteiger partial charge in [0.05, 0.1) is 11.1 Å². The van der Waals surface area contributed by atoms with Gasteiger partial charge in [-0.2, -0.15) is 0 Å². The molecule has 2 rings (SSSR count). The Morgan fingerprint density at radius 1 is 1.25 bits per heavy atom. The van der Waals surface area contributed by atoms with Crippen molar-refractivity contribution in [1.29, 1.82) is 0 Å². The van der Waals surface area contributed by atoms with Crippen LogP contribution >= 0.6 is 11.6 Å². The maximum atomic E-state index is 12.1. The van der Waals surface area contributed by atoms with Crippen LogP contribution in [0.25, 0.3) is 0 Å². The molecule has 2 N–H and O–H groups in total. The van der Waals surface area contributed by atoms with Crippen LogP contribution in [0.5, 0.6) is 0 Å². The average Bonchev–Trinajstić information content (AvgIpc) is 2.43. The molecule has 0 spiro atoms. The fourth-order valence-corrected chi connectivity index (χ4v) is 1.87. The first kappa shape index (κ1) is 14.0. The van der Waals surface area contributed by atoms with Crippen molar-refractivity contribution in [3.8, 4) is 0 Å². The highest BCUT2D eigenvalue weighted by atomic mass is 35.5. The molecule has 1 amide bonds. The number of nitrogens with one attached hydrogen (secondary N) is 1. The number of pyridine rings is 1. The zero-order valence-corrected chi connectivity index (χ0v) is 11.3. The van der Waals surface area contributed by atoms with Gasteiger partial charge in [0.15, 0.2) is 0 Å².